The summed E-state index contributed by atoms with van der Waals surface area (Å²) in [6.45, 7) is 3.00. The second-order valence-corrected chi connectivity index (χ2v) is 8.75. The van der Waals surface area contributed by atoms with Crippen molar-refractivity contribution in [3.05, 3.63) is 58.3 Å². The molecule has 29 heavy (non-hydrogen) atoms. The summed E-state index contributed by atoms with van der Waals surface area (Å²) in [5.74, 6) is 1.21. The zero-order chi connectivity index (χ0) is 20.2. The monoisotopic (exact) mass is 430 g/mol. The summed E-state index contributed by atoms with van der Waals surface area (Å²) in [6.07, 6.45) is 1.71. The van der Waals surface area contributed by atoms with Crippen LogP contribution in [-0.2, 0) is 17.9 Å². The Morgan fingerprint density at radius 3 is 2.86 bits per heavy atom. The Labute approximate surface area is 179 Å². The van der Waals surface area contributed by atoms with Crippen LogP contribution in [0.2, 0.25) is 5.02 Å². The average molecular weight is 431 g/mol. The van der Waals surface area contributed by atoms with Crippen LogP contribution in [-0.4, -0.2) is 46.0 Å². The molecule has 152 valence electrons. The van der Waals surface area contributed by atoms with Crippen LogP contribution in [0.4, 0.5) is 0 Å². The van der Waals surface area contributed by atoms with E-state index in [1.54, 1.807) is 23.3 Å². The predicted octanol–water partition coefficient (Wildman–Crippen LogP) is 4.32. The fraction of sp³-hybridized carbons (Fsp3) is 0.381. The van der Waals surface area contributed by atoms with E-state index in [1.807, 2.05) is 35.7 Å². The van der Waals surface area contributed by atoms with Gasteiger partial charge < -0.3 is 9.42 Å². The van der Waals surface area contributed by atoms with Crippen LogP contribution in [0.15, 0.2) is 46.3 Å². The van der Waals surface area contributed by atoms with Gasteiger partial charge in [0, 0.05) is 24.5 Å². The molecule has 0 radical (unpaired) electrons. The molecule has 0 atom stereocenters. The Bertz CT molecular complexity index is 951. The molecule has 0 saturated carbocycles. The Kier molecular flexibility index (Phi) is 6.28. The van der Waals surface area contributed by atoms with Gasteiger partial charge in [-0.05, 0) is 55.1 Å². The number of nitrogens with zero attached hydrogens (tertiary/aromatic N) is 4. The lowest BCUT2D eigenvalue weighted by molar-refractivity contribution is -0.136. The largest absolute Gasteiger partial charge is 0.337 e. The SMILES string of the molecule is CN(Cc1nc(-c2cccs2)no1)C(=O)C1CCN(Cc2cccc(Cl)c2)CC1. The third-order valence-corrected chi connectivity index (χ3v) is 6.29. The lowest BCUT2D eigenvalue weighted by atomic mass is 9.95. The van der Waals surface area contributed by atoms with E-state index in [0.717, 1.165) is 42.4 Å². The summed E-state index contributed by atoms with van der Waals surface area (Å²) in [6, 6.07) is 11.9. The Hall–Kier alpha value is -2.22. The molecule has 3 aromatic rings. The topological polar surface area (TPSA) is 62.5 Å². The number of halogens is 1. The summed E-state index contributed by atoms with van der Waals surface area (Å²) in [7, 11) is 1.80. The maximum absolute atomic E-state index is 12.8. The lowest BCUT2D eigenvalue weighted by Crippen LogP contribution is -2.40. The van der Waals surface area contributed by atoms with E-state index < -0.39 is 0 Å². The standard InChI is InChI=1S/C21H23ClN4O2S/c1-25(14-19-23-20(24-28-19)18-6-3-11-29-18)21(27)16-7-9-26(10-8-16)13-15-4-2-5-17(22)12-15/h2-6,11-12,16H,7-10,13-14H2,1H3. The van der Waals surface area contributed by atoms with Crippen LogP contribution in [0.1, 0.15) is 24.3 Å². The first-order valence-electron chi connectivity index (χ1n) is 9.67. The lowest BCUT2D eigenvalue weighted by Gasteiger charge is -2.33. The molecule has 1 aliphatic rings. The van der Waals surface area contributed by atoms with Crippen molar-refractivity contribution < 1.29 is 9.32 Å². The smallest absolute Gasteiger partial charge is 0.246 e. The van der Waals surface area contributed by atoms with Crippen molar-refractivity contribution in [3.63, 3.8) is 0 Å². The van der Waals surface area contributed by atoms with Crippen molar-refractivity contribution in [2.45, 2.75) is 25.9 Å². The molecule has 8 heteroatoms. The van der Waals surface area contributed by atoms with Crippen molar-refractivity contribution in [1.29, 1.82) is 0 Å². The van der Waals surface area contributed by atoms with Crippen molar-refractivity contribution in [2.24, 2.45) is 5.92 Å². The molecule has 1 amide bonds. The highest BCUT2D eigenvalue weighted by molar-refractivity contribution is 7.13. The van der Waals surface area contributed by atoms with E-state index in [0.29, 0.717) is 18.3 Å². The van der Waals surface area contributed by atoms with Crippen molar-refractivity contribution in [1.82, 2.24) is 19.9 Å². The summed E-state index contributed by atoms with van der Waals surface area (Å²) in [4.78, 5) is 22.3. The van der Waals surface area contributed by atoms with E-state index >= 15 is 0 Å². The van der Waals surface area contributed by atoms with Crippen LogP contribution in [0.5, 0.6) is 0 Å². The highest BCUT2D eigenvalue weighted by atomic mass is 35.5. The number of hydrogen-bond acceptors (Lipinski definition) is 6. The van der Waals surface area contributed by atoms with Gasteiger partial charge in [0.15, 0.2) is 0 Å². The molecule has 0 bridgehead atoms. The maximum Gasteiger partial charge on any atom is 0.246 e. The van der Waals surface area contributed by atoms with E-state index in [2.05, 4.69) is 21.1 Å². The van der Waals surface area contributed by atoms with Crippen LogP contribution in [0.25, 0.3) is 10.7 Å². The van der Waals surface area contributed by atoms with E-state index in [-0.39, 0.29) is 11.8 Å². The molecular weight excluding hydrogens is 408 g/mol. The number of rotatable bonds is 6. The van der Waals surface area contributed by atoms with Crippen molar-refractivity contribution >= 4 is 28.8 Å². The molecule has 0 N–H and O–H groups in total. The highest BCUT2D eigenvalue weighted by Gasteiger charge is 2.28. The normalized spacial score (nSPS) is 15.5. The van der Waals surface area contributed by atoms with E-state index in [1.165, 1.54) is 5.56 Å². The van der Waals surface area contributed by atoms with Crippen LogP contribution < -0.4 is 0 Å². The molecule has 0 unspecified atom stereocenters. The third kappa shape index (κ3) is 5.04. The summed E-state index contributed by atoms with van der Waals surface area (Å²) in [5, 5.41) is 6.74. The van der Waals surface area contributed by atoms with E-state index in [4.69, 9.17) is 16.1 Å². The molecule has 2 aromatic heterocycles. The number of carbonyl (C=O) groups excluding carboxylic acids is 1. The molecule has 1 fully saturated rings. The molecule has 4 rings (SSSR count). The molecule has 1 aliphatic heterocycles. The summed E-state index contributed by atoms with van der Waals surface area (Å²) >= 11 is 7.63. The number of amides is 1. The van der Waals surface area contributed by atoms with Crippen LogP contribution in [0.3, 0.4) is 0 Å². The highest BCUT2D eigenvalue weighted by Crippen LogP contribution is 2.24. The summed E-state index contributed by atoms with van der Waals surface area (Å²) in [5.41, 5.74) is 1.21. The van der Waals surface area contributed by atoms with Gasteiger partial charge in [-0.25, -0.2) is 0 Å². The van der Waals surface area contributed by atoms with Crippen LogP contribution >= 0.6 is 22.9 Å². The van der Waals surface area contributed by atoms with Gasteiger partial charge in [-0.3, -0.25) is 9.69 Å². The van der Waals surface area contributed by atoms with Gasteiger partial charge in [-0.15, -0.1) is 11.3 Å². The maximum atomic E-state index is 12.8. The zero-order valence-electron chi connectivity index (χ0n) is 16.3. The molecule has 0 spiro atoms. The third-order valence-electron chi connectivity index (χ3n) is 5.19. The fourth-order valence-corrected chi connectivity index (χ4v) is 4.51. The number of piperidine rings is 1. The first-order valence-corrected chi connectivity index (χ1v) is 10.9. The quantitative estimate of drug-likeness (QED) is 0.582. The minimum Gasteiger partial charge on any atom is -0.337 e. The van der Waals surface area contributed by atoms with Gasteiger partial charge in [-0.1, -0.05) is 35.0 Å². The minimum absolute atomic E-state index is 0.0373. The molecule has 6 nitrogen and oxygen atoms in total. The minimum atomic E-state index is 0.0373. The van der Waals surface area contributed by atoms with Gasteiger partial charge in [-0.2, -0.15) is 4.98 Å². The fourth-order valence-electron chi connectivity index (χ4n) is 3.65. The molecule has 1 aromatic carbocycles. The Balaban J connectivity index is 1.28. The van der Waals surface area contributed by atoms with Gasteiger partial charge >= 0.3 is 0 Å². The number of aromatic nitrogens is 2. The summed E-state index contributed by atoms with van der Waals surface area (Å²) < 4.78 is 5.32. The average Bonchev–Trinajstić information content (AvgIpc) is 3.40. The molecular formula is C21H23ClN4O2S. The van der Waals surface area contributed by atoms with Gasteiger partial charge in [0.05, 0.1) is 11.4 Å². The number of hydrogen-bond donors (Lipinski definition) is 0. The molecule has 1 saturated heterocycles. The predicted molar refractivity (Wildman–Crippen MR) is 114 cm³/mol. The first kappa shape index (κ1) is 20.1. The first-order chi connectivity index (χ1) is 14.1. The number of thiophene rings is 1. The number of likely N-dealkylation sites (tertiary alicyclic amines) is 1. The molecule has 0 aliphatic carbocycles. The van der Waals surface area contributed by atoms with Crippen LogP contribution in [0, 0.1) is 5.92 Å². The second-order valence-electron chi connectivity index (χ2n) is 7.36. The number of benzene rings is 1. The Morgan fingerprint density at radius 2 is 2.14 bits per heavy atom. The second kappa shape index (κ2) is 9.07. The van der Waals surface area contributed by atoms with Gasteiger partial charge in [0.1, 0.15) is 0 Å². The number of carbonyl (C=O) groups is 1. The van der Waals surface area contributed by atoms with Gasteiger partial charge in [0.2, 0.25) is 17.6 Å². The van der Waals surface area contributed by atoms with E-state index in [9.17, 15) is 4.79 Å². The van der Waals surface area contributed by atoms with Crippen molar-refractivity contribution in [3.8, 4) is 10.7 Å². The zero-order valence-corrected chi connectivity index (χ0v) is 17.8. The molecule has 3 heterocycles. The Morgan fingerprint density at radius 1 is 1.31 bits per heavy atom. The van der Waals surface area contributed by atoms with Crippen molar-refractivity contribution in [2.75, 3.05) is 20.1 Å². The van der Waals surface area contributed by atoms with Gasteiger partial charge in [0.25, 0.3) is 0 Å².